The fourth-order valence-electron chi connectivity index (χ4n) is 1.24. The second-order valence-electron chi connectivity index (χ2n) is 2.80. The lowest BCUT2D eigenvalue weighted by Gasteiger charge is -2.01. The predicted molar refractivity (Wildman–Crippen MR) is 53.4 cm³/mol. The number of anilines is 1. The minimum absolute atomic E-state index is 0.195. The van der Waals surface area contributed by atoms with Crippen LogP contribution in [-0.4, -0.2) is 29.4 Å². The van der Waals surface area contributed by atoms with Gasteiger partial charge in [-0.15, -0.1) is 0 Å². The van der Waals surface area contributed by atoms with Gasteiger partial charge in [0.05, 0.1) is 6.61 Å². The number of rotatable bonds is 4. The molecule has 0 bridgehead atoms. The van der Waals surface area contributed by atoms with Crippen molar-refractivity contribution in [1.29, 1.82) is 0 Å². The average molecular weight is 215 g/mol. The highest BCUT2D eigenvalue weighted by Gasteiger charge is 2.22. The molecule has 1 aromatic rings. The number of nitrogens with one attached hydrogen (secondary N) is 1. The van der Waals surface area contributed by atoms with Crippen LogP contribution in [0.2, 0.25) is 0 Å². The van der Waals surface area contributed by atoms with E-state index in [0.29, 0.717) is 6.54 Å². The molecular weight excluding hydrogens is 201 g/mol. The van der Waals surface area contributed by atoms with E-state index in [1.807, 2.05) is 6.92 Å². The first kappa shape index (κ1) is 11.5. The molecule has 0 atom stereocenters. The van der Waals surface area contributed by atoms with Gasteiger partial charge in [-0.1, -0.05) is 0 Å². The van der Waals surface area contributed by atoms with Gasteiger partial charge in [0.2, 0.25) is 5.69 Å². The fourth-order valence-corrected chi connectivity index (χ4v) is 1.24. The van der Waals surface area contributed by atoms with E-state index in [0.717, 1.165) is 0 Å². The summed E-state index contributed by atoms with van der Waals surface area (Å²) in [4.78, 5) is 11.3. The van der Waals surface area contributed by atoms with Crippen molar-refractivity contribution in [1.82, 2.24) is 9.78 Å². The van der Waals surface area contributed by atoms with Crippen LogP contribution < -0.4 is 5.32 Å². The zero-order valence-corrected chi connectivity index (χ0v) is 9.00. The fraction of sp³-hybridized carbons (Fsp3) is 0.556. The van der Waals surface area contributed by atoms with Crippen LogP contribution in [0.3, 0.4) is 0 Å². The third-order valence-corrected chi connectivity index (χ3v) is 1.90. The second kappa shape index (κ2) is 4.77. The molecule has 1 aromatic heterocycles. The molecule has 0 saturated carbocycles. The lowest BCUT2D eigenvalue weighted by molar-refractivity contribution is 0.0513. The Bertz CT molecular complexity index is 362. The summed E-state index contributed by atoms with van der Waals surface area (Å²) in [6, 6.07) is 0. The van der Waals surface area contributed by atoms with Gasteiger partial charge in [0.1, 0.15) is 0 Å². The Morgan fingerprint density at radius 2 is 2.27 bits per heavy atom. The van der Waals surface area contributed by atoms with Crippen molar-refractivity contribution in [2.45, 2.75) is 20.4 Å². The molecule has 0 saturated heterocycles. The van der Waals surface area contributed by atoms with Crippen LogP contribution in [0, 0.1) is 5.82 Å². The van der Waals surface area contributed by atoms with Gasteiger partial charge < -0.3 is 10.1 Å². The minimum Gasteiger partial charge on any atom is -0.461 e. The van der Waals surface area contributed by atoms with E-state index in [2.05, 4.69) is 15.2 Å². The Morgan fingerprint density at radius 3 is 2.67 bits per heavy atom. The highest BCUT2D eigenvalue weighted by molar-refractivity contribution is 5.88. The van der Waals surface area contributed by atoms with E-state index in [1.165, 1.54) is 4.68 Å². The van der Waals surface area contributed by atoms with Crippen molar-refractivity contribution in [3.8, 4) is 0 Å². The summed E-state index contributed by atoms with van der Waals surface area (Å²) >= 11 is 0. The third-order valence-electron chi connectivity index (χ3n) is 1.90. The number of esters is 1. The molecule has 1 rings (SSSR count). The van der Waals surface area contributed by atoms with Crippen LogP contribution in [0.25, 0.3) is 0 Å². The molecule has 0 spiro atoms. The van der Waals surface area contributed by atoms with Gasteiger partial charge in [-0.05, 0) is 13.8 Å². The number of carbonyl (C=O) groups excluding carboxylic acids is 1. The van der Waals surface area contributed by atoms with Gasteiger partial charge in [-0.2, -0.15) is 5.10 Å². The number of hydrogen-bond acceptors (Lipinski definition) is 4. The number of halogens is 1. The van der Waals surface area contributed by atoms with Crippen molar-refractivity contribution in [2.24, 2.45) is 0 Å². The molecule has 0 aliphatic rings. The van der Waals surface area contributed by atoms with Crippen molar-refractivity contribution in [2.75, 3.05) is 19.0 Å². The maximum atomic E-state index is 13.6. The van der Waals surface area contributed by atoms with Gasteiger partial charge in [0.15, 0.2) is 11.6 Å². The summed E-state index contributed by atoms with van der Waals surface area (Å²) in [5, 5.41) is 6.47. The number of carbonyl (C=O) groups is 1. The summed E-state index contributed by atoms with van der Waals surface area (Å²) < 4.78 is 19.7. The Morgan fingerprint density at radius 1 is 1.60 bits per heavy atom. The lowest BCUT2D eigenvalue weighted by Crippen LogP contribution is -2.08. The normalized spacial score (nSPS) is 10.1. The molecule has 0 amide bonds. The Balaban J connectivity index is 3.09. The molecular formula is C9H14FN3O2. The van der Waals surface area contributed by atoms with Gasteiger partial charge in [0.25, 0.3) is 0 Å². The van der Waals surface area contributed by atoms with Crippen LogP contribution >= 0.6 is 0 Å². The maximum absolute atomic E-state index is 13.6. The number of ether oxygens (including phenoxy) is 1. The lowest BCUT2D eigenvalue weighted by atomic mass is 10.4. The van der Waals surface area contributed by atoms with Crippen molar-refractivity contribution in [3.63, 3.8) is 0 Å². The summed E-state index contributed by atoms with van der Waals surface area (Å²) in [6.45, 7) is 4.15. The van der Waals surface area contributed by atoms with Crippen LogP contribution in [0.1, 0.15) is 24.3 Å². The van der Waals surface area contributed by atoms with Crippen LogP contribution in [0.5, 0.6) is 0 Å². The number of aryl methyl sites for hydroxylation is 1. The first-order valence-corrected chi connectivity index (χ1v) is 4.76. The predicted octanol–water partition coefficient (Wildman–Crippen LogP) is 1.26. The number of aromatic nitrogens is 2. The van der Waals surface area contributed by atoms with Gasteiger partial charge in [-0.3, -0.25) is 0 Å². The third kappa shape index (κ3) is 2.08. The molecule has 0 aromatic carbocycles. The first-order valence-electron chi connectivity index (χ1n) is 4.76. The van der Waals surface area contributed by atoms with E-state index in [1.54, 1.807) is 14.0 Å². The van der Waals surface area contributed by atoms with E-state index < -0.39 is 11.8 Å². The SMILES string of the molecule is CCOC(=O)c1nn(CC)c(NC)c1F. The van der Waals surface area contributed by atoms with Crippen LogP contribution in [0.4, 0.5) is 10.2 Å². The first-order chi connectivity index (χ1) is 7.15. The molecule has 15 heavy (non-hydrogen) atoms. The Kier molecular flexibility index (Phi) is 3.65. The highest BCUT2D eigenvalue weighted by Crippen LogP contribution is 2.18. The van der Waals surface area contributed by atoms with E-state index in [9.17, 15) is 9.18 Å². The van der Waals surface area contributed by atoms with Gasteiger partial charge >= 0.3 is 5.97 Å². The molecule has 1 N–H and O–H groups in total. The molecule has 84 valence electrons. The Labute approximate surface area is 87.2 Å². The van der Waals surface area contributed by atoms with Crippen molar-refractivity contribution >= 4 is 11.8 Å². The van der Waals surface area contributed by atoms with E-state index >= 15 is 0 Å². The van der Waals surface area contributed by atoms with Gasteiger partial charge in [-0.25, -0.2) is 13.9 Å². The second-order valence-corrected chi connectivity index (χ2v) is 2.80. The van der Waals surface area contributed by atoms with E-state index in [-0.39, 0.29) is 18.1 Å². The van der Waals surface area contributed by atoms with Gasteiger partial charge in [0, 0.05) is 13.6 Å². The molecule has 6 heteroatoms. The molecule has 5 nitrogen and oxygen atoms in total. The van der Waals surface area contributed by atoms with Crippen LogP contribution in [-0.2, 0) is 11.3 Å². The number of nitrogens with zero attached hydrogens (tertiary/aromatic N) is 2. The summed E-state index contributed by atoms with van der Waals surface area (Å²) in [6.07, 6.45) is 0. The highest BCUT2D eigenvalue weighted by atomic mass is 19.1. The summed E-state index contributed by atoms with van der Waals surface area (Å²) in [7, 11) is 1.57. The largest absolute Gasteiger partial charge is 0.461 e. The number of hydrogen-bond donors (Lipinski definition) is 1. The smallest absolute Gasteiger partial charge is 0.362 e. The quantitative estimate of drug-likeness (QED) is 0.768. The zero-order valence-electron chi connectivity index (χ0n) is 9.00. The monoisotopic (exact) mass is 215 g/mol. The summed E-state index contributed by atoms with van der Waals surface area (Å²) in [5.74, 6) is -1.21. The molecule has 0 aliphatic carbocycles. The van der Waals surface area contributed by atoms with Crippen LogP contribution in [0.15, 0.2) is 0 Å². The molecule has 0 unspecified atom stereocenters. The topological polar surface area (TPSA) is 56.1 Å². The standard InChI is InChI=1S/C9H14FN3O2/c1-4-13-8(11-3)6(10)7(12-13)9(14)15-5-2/h11H,4-5H2,1-3H3. The van der Waals surface area contributed by atoms with E-state index in [4.69, 9.17) is 0 Å². The molecule has 0 radical (unpaired) electrons. The Hall–Kier alpha value is -1.59. The zero-order chi connectivity index (χ0) is 11.4. The van der Waals surface area contributed by atoms with Crippen molar-refractivity contribution < 1.29 is 13.9 Å². The molecule has 0 fully saturated rings. The maximum Gasteiger partial charge on any atom is 0.362 e. The average Bonchev–Trinajstić information content (AvgIpc) is 2.55. The molecule has 1 heterocycles. The van der Waals surface area contributed by atoms with Crippen molar-refractivity contribution in [3.05, 3.63) is 11.5 Å². The molecule has 0 aliphatic heterocycles. The summed E-state index contributed by atoms with van der Waals surface area (Å²) in [5.41, 5.74) is -0.275. The minimum atomic E-state index is -0.737.